The Morgan fingerprint density at radius 1 is 1.00 bits per heavy atom. The summed E-state index contributed by atoms with van der Waals surface area (Å²) in [6.45, 7) is 21.2. The van der Waals surface area contributed by atoms with Crippen LogP contribution in [-0.4, -0.2) is 30.1 Å². The van der Waals surface area contributed by atoms with Crippen molar-refractivity contribution in [2.45, 2.75) is 52.4 Å². The van der Waals surface area contributed by atoms with Crippen molar-refractivity contribution in [1.82, 2.24) is 0 Å². The Morgan fingerprint density at radius 2 is 1.53 bits per heavy atom. The Bertz CT molecular complexity index is 366. The van der Waals surface area contributed by atoms with Crippen molar-refractivity contribution in [3.05, 3.63) is 17.5 Å². The second-order valence-electron chi connectivity index (χ2n) is 6.85. The molecular weight excluding hydrogens is 289 g/mol. The molecule has 0 amide bonds. The lowest BCUT2D eigenvalue weighted by Gasteiger charge is -2.50. The van der Waals surface area contributed by atoms with E-state index in [1.807, 2.05) is 11.3 Å². The van der Waals surface area contributed by atoms with Crippen molar-refractivity contribution in [2.75, 3.05) is 0 Å². The minimum absolute atomic E-state index is 0.100. The molecule has 1 heterocycles. The van der Waals surface area contributed by atoms with E-state index in [-0.39, 0.29) is 8.31 Å². The molecular formula is C12H27SSi4. The molecule has 0 aliphatic carbocycles. The van der Waals surface area contributed by atoms with Gasteiger partial charge in [0.15, 0.2) is 0 Å². The standard InChI is InChI=1S/C12H27SSi4/c1-14(2)16(5,6)17(7,8)15(3,4)12-10-9-11-13-12/h9-11H,1-8H3. The van der Waals surface area contributed by atoms with Gasteiger partial charge in [-0.05, 0) is 9.88 Å². The molecule has 0 saturated heterocycles. The summed E-state index contributed by atoms with van der Waals surface area (Å²) in [4.78, 5) is 0. The molecule has 0 bridgehead atoms. The first-order valence-corrected chi connectivity index (χ1v) is 21.8. The highest BCUT2D eigenvalue weighted by Gasteiger charge is 2.54. The monoisotopic (exact) mass is 315 g/mol. The number of rotatable bonds is 4. The summed E-state index contributed by atoms with van der Waals surface area (Å²) in [5, 5.41) is 2.27. The Hall–Kier alpha value is 0.568. The average molecular weight is 316 g/mol. The second-order valence-corrected chi connectivity index (χ2v) is 45.2. The van der Waals surface area contributed by atoms with Crippen molar-refractivity contribution in [3.8, 4) is 0 Å². The Morgan fingerprint density at radius 3 is 1.88 bits per heavy atom. The van der Waals surface area contributed by atoms with Gasteiger partial charge in [-0.25, -0.2) is 0 Å². The summed E-state index contributed by atoms with van der Waals surface area (Å²) >= 11 is 2.01. The average Bonchev–Trinajstić information content (AvgIpc) is 2.69. The molecule has 5 heteroatoms. The first-order valence-electron chi connectivity index (χ1n) is 6.40. The van der Waals surface area contributed by atoms with Crippen LogP contribution in [0.2, 0.25) is 52.4 Å². The van der Waals surface area contributed by atoms with Crippen molar-refractivity contribution in [3.63, 3.8) is 0 Å². The highest BCUT2D eigenvalue weighted by atomic mass is 32.1. The molecule has 0 N–H and O–H groups in total. The zero-order chi connectivity index (χ0) is 13.5. The Labute approximate surface area is 115 Å². The summed E-state index contributed by atoms with van der Waals surface area (Å²) in [7, 11) is -3.39. The van der Waals surface area contributed by atoms with Crippen LogP contribution < -0.4 is 4.50 Å². The van der Waals surface area contributed by atoms with Crippen molar-refractivity contribution >= 4 is 46.0 Å². The summed E-state index contributed by atoms with van der Waals surface area (Å²) in [5.41, 5.74) is 0. The third kappa shape index (κ3) is 2.49. The van der Waals surface area contributed by atoms with Gasteiger partial charge in [0.25, 0.3) is 0 Å². The first-order chi connectivity index (χ1) is 7.55. The maximum Gasteiger partial charge on any atom is 0.0836 e. The van der Waals surface area contributed by atoms with Gasteiger partial charge in [0.05, 0.1) is 7.59 Å². The molecule has 0 aliphatic rings. The van der Waals surface area contributed by atoms with Gasteiger partial charge in [0.2, 0.25) is 0 Å². The molecule has 0 unspecified atom stereocenters. The van der Waals surface area contributed by atoms with E-state index in [1.54, 1.807) is 4.50 Å². The number of hydrogen-bond donors (Lipinski definition) is 0. The highest BCUT2D eigenvalue weighted by molar-refractivity contribution is 7.83. The number of thiophene rings is 1. The van der Waals surface area contributed by atoms with Gasteiger partial charge in [-0.15, -0.1) is 0 Å². The molecule has 0 aromatic carbocycles. The molecule has 97 valence electrons. The molecule has 0 aliphatic heterocycles. The van der Waals surface area contributed by atoms with E-state index in [2.05, 4.69) is 69.9 Å². The smallest absolute Gasteiger partial charge is 0.0836 e. The van der Waals surface area contributed by atoms with Crippen LogP contribution in [0.25, 0.3) is 0 Å². The molecule has 1 aromatic heterocycles. The van der Waals surface area contributed by atoms with Crippen LogP contribution in [0.15, 0.2) is 17.5 Å². The van der Waals surface area contributed by atoms with E-state index in [0.29, 0.717) is 0 Å². The minimum atomic E-state index is -1.21. The zero-order valence-corrected chi connectivity index (χ0v) is 17.5. The van der Waals surface area contributed by atoms with Gasteiger partial charge in [-0.2, -0.15) is 11.3 Å². The Balaban J connectivity index is 3.22. The number of hydrogen-bond acceptors (Lipinski definition) is 1. The van der Waals surface area contributed by atoms with Crippen LogP contribution in [0.4, 0.5) is 0 Å². The van der Waals surface area contributed by atoms with Crippen molar-refractivity contribution < 1.29 is 0 Å². The first kappa shape index (κ1) is 15.6. The van der Waals surface area contributed by atoms with Gasteiger partial charge < -0.3 is 0 Å². The van der Waals surface area contributed by atoms with Gasteiger partial charge >= 0.3 is 0 Å². The van der Waals surface area contributed by atoms with Crippen molar-refractivity contribution in [2.24, 2.45) is 0 Å². The van der Waals surface area contributed by atoms with Crippen molar-refractivity contribution in [1.29, 1.82) is 0 Å². The maximum atomic E-state index is 2.71. The lowest BCUT2D eigenvalue weighted by Crippen LogP contribution is -2.78. The lowest BCUT2D eigenvalue weighted by molar-refractivity contribution is 1.79. The normalized spacial score (nSPS) is 14.4. The third-order valence-electron chi connectivity index (χ3n) is 5.51. The van der Waals surface area contributed by atoms with E-state index in [4.69, 9.17) is 0 Å². The van der Waals surface area contributed by atoms with E-state index in [1.165, 1.54) is 0 Å². The van der Waals surface area contributed by atoms with E-state index >= 15 is 0 Å². The second kappa shape index (κ2) is 4.92. The largest absolute Gasteiger partial charge is 0.154 e. The fraction of sp³-hybridized carbons (Fsp3) is 0.667. The predicted octanol–water partition coefficient (Wildman–Crippen LogP) is 4.07. The molecule has 0 nitrogen and oxygen atoms in total. The fourth-order valence-corrected chi connectivity index (χ4v) is 64.0. The SMILES string of the molecule is C[Si](C)[Si](C)(C)[Si](C)(C)[Si](C)(C)c1cccs1. The fourth-order valence-electron chi connectivity index (χ4n) is 2.35. The molecule has 0 atom stereocenters. The minimum Gasteiger partial charge on any atom is -0.154 e. The van der Waals surface area contributed by atoms with Crippen LogP contribution >= 0.6 is 11.3 Å². The van der Waals surface area contributed by atoms with E-state index < -0.39 is 21.8 Å². The van der Waals surface area contributed by atoms with E-state index in [9.17, 15) is 0 Å². The molecule has 1 rings (SSSR count). The molecule has 1 aromatic rings. The highest BCUT2D eigenvalue weighted by Crippen LogP contribution is 2.31. The van der Waals surface area contributed by atoms with Gasteiger partial charge in [-0.3, -0.25) is 0 Å². The molecule has 0 saturated carbocycles. The molecule has 1 radical (unpaired) electrons. The van der Waals surface area contributed by atoms with Crippen LogP contribution in [0.5, 0.6) is 0 Å². The summed E-state index contributed by atoms with van der Waals surface area (Å²) in [6.07, 6.45) is 0. The summed E-state index contributed by atoms with van der Waals surface area (Å²) in [5.74, 6) is 0. The van der Waals surface area contributed by atoms with Crippen LogP contribution in [-0.2, 0) is 0 Å². The maximum absolute atomic E-state index is 2.71. The topological polar surface area (TPSA) is 0 Å². The van der Waals surface area contributed by atoms with Gasteiger partial charge in [-0.1, -0.05) is 64.5 Å². The summed E-state index contributed by atoms with van der Waals surface area (Å²) < 4.78 is 1.75. The zero-order valence-electron chi connectivity index (χ0n) is 12.6. The van der Waals surface area contributed by atoms with Crippen LogP contribution in [0, 0.1) is 0 Å². The summed E-state index contributed by atoms with van der Waals surface area (Å²) in [6, 6.07) is 4.66. The molecule has 0 fully saturated rings. The Kier molecular flexibility index (Phi) is 4.52. The van der Waals surface area contributed by atoms with Crippen LogP contribution in [0.3, 0.4) is 0 Å². The molecule has 0 spiro atoms. The van der Waals surface area contributed by atoms with Crippen LogP contribution in [0.1, 0.15) is 0 Å². The van der Waals surface area contributed by atoms with E-state index in [0.717, 1.165) is 0 Å². The van der Waals surface area contributed by atoms with Gasteiger partial charge in [0, 0.05) is 22.5 Å². The predicted molar refractivity (Wildman–Crippen MR) is 93.9 cm³/mol. The quantitative estimate of drug-likeness (QED) is 0.735. The third-order valence-corrected chi connectivity index (χ3v) is 69.5. The lowest BCUT2D eigenvalue weighted by atomic mass is 10.7. The van der Waals surface area contributed by atoms with Gasteiger partial charge in [0.1, 0.15) is 0 Å². The molecule has 17 heavy (non-hydrogen) atoms.